The van der Waals surface area contributed by atoms with Crippen molar-refractivity contribution >= 4 is 29.0 Å². The molecule has 0 saturated heterocycles. The van der Waals surface area contributed by atoms with Crippen molar-refractivity contribution in [2.75, 3.05) is 30.2 Å². The number of nitrogens with zero attached hydrogens (tertiary/aromatic N) is 4. The van der Waals surface area contributed by atoms with Crippen molar-refractivity contribution in [1.29, 1.82) is 0 Å². The standard InChI is InChI=1S/C21H21N5O2S/c1-13(27)25-17-8-6-5-7-16(17)18-19(28)22-21(29-4)23-26(18)20(25)14-9-11-15(12-10-14)24(2)3/h5-12,20H,1-4H3/p+1/t20-/m0/s1. The summed E-state index contributed by atoms with van der Waals surface area (Å²) < 4.78 is 1.67. The van der Waals surface area contributed by atoms with Crippen molar-refractivity contribution < 1.29 is 9.48 Å². The molecule has 1 amide bonds. The smallest absolute Gasteiger partial charge is 0.325 e. The third-order valence-corrected chi connectivity index (χ3v) is 5.57. The van der Waals surface area contributed by atoms with Crippen LogP contribution in [0.2, 0.25) is 0 Å². The largest absolute Gasteiger partial charge is 0.378 e. The van der Waals surface area contributed by atoms with Crippen molar-refractivity contribution in [3.8, 4) is 11.3 Å². The third-order valence-electron chi connectivity index (χ3n) is 5.00. The number of hydrogen-bond donors (Lipinski definition) is 1. The van der Waals surface area contributed by atoms with Gasteiger partial charge >= 0.3 is 11.3 Å². The molecule has 1 aliphatic heterocycles. The highest BCUT2D eigenvalue weighted by Crippen LogP contribution is 2.37. The second kappa shape index (κ2) is 7.36. The fourth-order valence-electron chi connectivity index (χ4n) is 3.65. The van der Waals surface area contributed by atoms with E-state index in [9.17, 15) is 9.59 Å². The minimum Gasteiger partial charge on any atom is -0.378 e. The van der Waals surface area contributed by atoms with E-state index < -0.39 is 6.17 Å². The molecule has 4 rings (SSSR count). The van der Waals surface area contributed by atoms with Crippen LogP contribution >= 0.6 is 11.8 Å². The lowest BCUT2D eigenvalue weighted by Gasteiger charge is -2.31. The van der Waals surface area contributed by atoms with E-state index in [-0.39, 0.29) is 11.5 Å². The summed E-state index contributed by atoms with van der Waals surface area (Å²) in [4.78, 5) is 32.3. The maximum Gasteiger partial charge on any atom is 0.325 e. The summed E-state index contributed by atoms with van der Waals surface area (Å²) in [7, 11) is 3.95. The minimum absolute atomic E-state index is 0.120. The molecule has 0 spiro atoms. The van der Waals surface area contributed by atoms with Gasteiger partial charge in [0.15, 0.2) is 0 Å². The van der Waals surface area contributed by atoms with Crippen LogP contribution < -0.4 is 20.0 Å². The number of fused-ring (bicyclic) bond motifs is 3. The monoisotopic (exact) mass is 408 g/mol. The molecule has 0 bridgehead atoms. The first-order chi connectivity index (χ1) is 13.9. The van der Waals surface area contributed by atoms with Gasteiger partial charge in [0, 0.05) is 37.4 Å². The molecule has 1 aromatic heterocycles. The lowest BCUT2D eigenvalue weighted by molar-refractivity contribution is -0.763. The summed E-state index contributed by atoms with van der Waals surface area (Å²) in [6.45, 7) is 1.53. The first-order valence-electron chi connectivity index (χ1n) is 9.19. The molecule has 1 atom stereocenters. The number of aromatic nitrogens is 3. The average Bonchev–Trinajstić information content (AvgIpc) is 2.72. The summed E-state index contributed by atoms with van der Waals surface area (Å²) in [5.74, 6) is -0.120. The van der Waals surface area contributed by atoms with E-state index in [1.54, 1.807) is 9.58 Å². The number of thioether (sulfide) groups is 1. The van der Waals surface area contributed by atoms with E-state index in [4.69, 9.17) is 0 Å². The van der Waals surface area contributed by atoms with E-state index in [1.165, 1.54) is 18.7 Å². The molecule has 0 radical (unpaired) electrons. The molecule has 1 N–H and O–H groups in total. The lowest BCUT2D eigenvalue weighted by atomic mass is 10.0. The highest BCUT2D eigenvalue weighted by atomic mass is 32.2. The van der Waals surface area contributed by atoms with E-state index in [0.717, 1.165) is 11.3 Å². The SMILES string of the molecule is CSc1n[n+]2c(c(=O)[nH]1)-c1ccccc1N(C(C)=O)[C@@H]2c1ccc(N(C)C)cc1. The molecular weight excluding hydrogens is 386 g/mol. The molecule has 29 heavy (non-hydrogen) atoms. The van der Waals surface area contributed by atoms with E-state index in [0.29, 0.717) is 22.1 Å². The van der Waals surface area contributed by atoms with E-state index >= 15 is 0 Å². The van der Waals surface area contributed by atoms with Gasteiger partial charge in [-0.2, -0.15) is 0 Å². The minimum atomic E-state index is -0.554. The van der Waals surface area contributed by atoms with Crippen molar-refractivity contribution in [2.45, 2.75) is 18.2 Å². The fourth-order valence-corrected chi connectivity index (χ4v) is 4.01. The molecule has 1 aliphatic rings. The second-order valence-corrected chi connectivity index (χ2v) is 7.82. The molecule has 3 aromatic rings. The highest BCUT2D eigenvalue weighted by molar-refractivity contribution is 7.98. The summed E-state index contributed by atoms with van der Waals surface area (Å²) in [6, 6.07) is 15.4. The summed E-state index contributed by atoms with van der Waals surface area (Å²) in [5.41, 5.74) is 3.52. The number of benzene rings is 2. The van der Waals surface area contributed by atoms with E-state index in [2.05, 4.69) is 10.1 Å². The van der Waals surface area contributed by atoms with Gasteiger partial charge in [0.25, 0.3) is 6.17 Å². The van der Waals surface area contributed by atoms with Gasteiger partial charge in [0.05, 0.1) is 11.3 Å². The number of aromatic amines is 1. The molecule has 7 nitrogen and oxygen atoms in total. The number of anilines is 2. The molecule has 0 fully saturated rings. The summed E-state index contributed by atoms with van der Waals surface area (Å²) in [6.07, 6.45) is 1.30. The number of rotatable bonds is 3. The lowest BCUT2D eigenvalue weighted by Crippen LogP contribution is -2.60. The van der Waals surface area contributed by atoms with Crippen LogP contribution in [0.3, 0.4) is 0 Å². The van der Waals surface area contributed by atoms with Crippen LogP contribution in [0.5, 0.6) is 0 Å². The van der Waals surface area contributed by atoms with Crippen LogP contribution in [-0.2, 0) is 4.79 Å². The van der Waals surface area contributed by atoms with Crippen LogP contribution in [0, 0.1) is 0 Å². The molecule has 0 saturated carbocycles. The van der Waals surface area contributed by atoms with Gasteiger partial charge in [-0.05, 0) is 47.3 Å². The zero-order chi connectivity index (χ0) is 20.7. The Hall–Kier alpha value is -3.13. The van der Waals surface area contributed by atoms with Crippen molar-refractivity contribution in [1.82, 2.24) is 10.1 Å². The zero-order valence-electron chi connectivity index (χ0n) is 16.7. The predicted molar refractivity (Wildman–Crippen MR) is 114 cm³/mol. The maximum absolute atomic E-state index is 13.0. The van der Waals surface area contributed by atoms with Crippen LogP contribution in [0.15, 0.2) is 58.5 Å². The van der Waals surface area contributed by atoms with Crippen LogP contribution in [-0.4, -0.2) is 36.3 Å². The number of para-hydroxylation sites is 1. The Morgan fingerprint density at radius 3 is 2.48 bits per heavy atom. The van der Waals surface area contributed by atoms with Gasteiger partial charge in [-0.3, -0.25) is 14.6 Å². The first kappa shape index (κ1) is 19.2. The Balaban J connectivity index is 2.02. The van der Waals surface area contributed by atoms with Gasteiger partial charge in [-0.1, -0.05) is 23.9 Å². The van der Waals surface area contributed by atoms with Crippen LogP contribution in [0.25, 0.3) is 11.3 Å². The normalized spacial score (nSPS) is 14.9. The number of hydrogen-bond acceptors (Lipinski definition) is 5. The highest BCUT2D eigenvalue weighted by Gasteiger charge is 2.44. The Morgan fingerprint density at radius 1 is 1.17 bits per heavy atom. The topological polar surface area (TPSA) is 73.2 Å². The van der Waals surface area contributed by atoms with Crippen LogP contribution in [0.1, 0.15) is 18.7 Å². The number of nitrogens with one attached hydrogen (secondary N) is 1. The molecule has 148 valence electrons. The number of carbonyl (C=O) groups is 1. The van der Waals surface area contributed by atoms with Gasteiger partial charge in [0.1, 0.15) is 0 Å². The molecular formula is C21H22N5O2S+. The van der Waals surface area contributed by atoms with Crippen molar-refractivity contribution in [3.05, 3.63) is 64.4 Å². The van der Waals surface area contributed by atoms with Crippen LogP contribution in [0.4, 0.5) is 11.4 Å². The Morgan fingerprint density at radius 2 is 1.86 bits per heavy atom. The number of carbonyl (C=O) groups excluding carboxylic acids is 1. The molecule has 2 heterocycles. The third kappa shape index (κ3) is 3.19. The van der Waals surface area contributed by atoms with Gasteiger partial charge in [-0.15, -0.1) is 0 Å². The van der Waals surface area contributed by atoms with Gasteiger partial charge < -0.3 is 4.90 Å². The van der Waals surface area contributed by atoms with Crippen molar-refractivity contribution in [2.24, 2.45) is 0 Å². The summed E-state index contributed by atoms with van der Waals surface area (Å²) >= 11 is 1.35. The fraction of sp³-hybridized carbons (Fsp3) is 0.238. The number of H-pyrrole nitrogens is 1. The Bertz CT molecular complexity index is 1140. The predicted octanol–water partition coefficient (Wildman–Crippen LogP) is 2.43. The molecule has 8 heteroatoms. The Kier molecular flexibility index (Phi) is 4.87. The molecule has 0 unspecified atom stereocenters. The second-order valence-electron chi connectivity index (χ2n) is 7.02. The summed E-state index contributed by atoms with van der Waals surface area (Å²) in [5, 5.41) is 5.16. The van der Waals surface area contributed by atoms with Gasteiger partial charge in [0.2, 0.25) is 11.1 Å². The average molecular weight is 409 g/mol. The molecule has 2 aromatic carbocycles. The van der Waals surface area contributed by atoms with E-state index in [1.807, 2.05) is 73.8 Å². The van der Waals surface area contributed by atoms with Crippen molar-refractivity contribution in [3.63, 3.8) is 0 Å². The number of amides is 1. The first-order valence-corrected chi connectivity index (χ1v) is 10.4. The molecule has 0 aliphatic carbocycles. The zero-order valence-corrected chi connectivity index (χ0v) is 17.5. The Labute approximate surface area is 173 Å². The van der Waals surface area contributed by atoms with Gasteiger partial charge in [-0.25, -0.2) is 4.90 Å². The quantitative estimate of drug-likeness (QED) is 0.532. The maximum atomic E-state index is 13.0.